The van der Waals surface area contributed by atoms with Crippen molar-refractivity contribution < 1.29 is 0 Å². The first kappa shape index (κ1) is 16.0. The van der Waals surface area contributed by atoms with E-state index in [-0.39, 0.29) is 0 Å². The van der Waals surface area contributed by atoms with Crippen molar-refractivity contribution in [2.45, 2.75) is 20.0 Å². The van der Waals surface area contributed by atoms with Crippen molar-refractivity contribution in [2.24, 2.45) is 5.73 Å². The van der Waals surface area contributed by atoms with E-state index < -0.39 is 0 Å². The van der Waals surface area contributed by atoms with Crippen LogP contribution in [0, 0.1) is 6.92 Å². The molecule has 0 atom stereocenters. The molecule has 2 nitrogen and oxygen atoms in total. The first-order chi connectivity index (χ1) is 9.95. The second-order valence-corrected chi connectivity index (χ2v) is 6.18. The molecule has 110 valence electrons. The van der Waals surface area contributed by atoms with Crippen molar-refractivity contribution >= 4 is 28.8 Å². The maximum Gasteiger partial charge on any atom is 0.103 e. The van der Waals surface area contributed by atoms with Gasteiger partial charge in [0.05, 0.1) is 0 Å². The molecule has 2 aromatic carbocycles. The summed E-state index contributed by atoms with van der Waals surface area (Å²) < 4.78 is 0. The van der Waals surface area contributed by atoms with Gasteiger partial charge in [-0.05, 0) is 42.8 Å². The zero-order chi connectivity index (χ0) is 15.4. The van der Waals surface area contributed by atoms with Gasteiger partial charge in [0.1, 0.15) is 4.99 Å². The van der Waals surface area contributed by atoms with Crippen molar-refractivity contribution in [1.29, 1.82) is 0 Å². The molecule has 0 aliphatic heterocycles. The maximum atomic E-state index is 6.28. The largest absolute Gasteiger partial charge is 0.389 e. The van der Waals surface area contributed by atoms with Crippen LogP contribution in [0.1, 0.15) is 22.3 Å². The molecule has 0 spiro atoms. The fourth-order valence-electron chi connectivity index (χ4n) is 2.26. The smallest absolute Gasteiger partial charge is 0.103 e. The number of hydrogen-bond donors (Lipinski definition) is 1. The Morgan fingerprint density at radius 2 is 1.95 bits per heavy atom. The molecule has 0 bridgehead atoms. The summed E-state index contributed by atoms with van der Waals surface area (Å²) in [4.78, 5) is 2.65. The van der Waals surface area contributed by atoms with Crippen LogP contribution in [0.4, 0.5) is 0 Å². The molecule has 0 unspecified atom stereocenters. The summed E-state index contributed by atoms with van der Waals surface area (Å²) in [6.07, 6.45) is 0. The summed E-state index contributed by atoms with van der Waals surface area (Å²) in [5.74, 6) is 0. The SMILES string of the molecule is Cc1ccc(CN(C)Cc2cccc(C(N)=S)c2)c(Cl)c1. The van der Waals surface area contributed by atoms with Gasteiger partial charge in [0, 0.05) is 23.7 Å². The van der Waals surface area contributed by atoms with Gasteiger partial charge in [0.25, 0.3) is 0 Å². The van der Waals surface area contributed by atoms with Crippen LogP contribution >= 0.6 is 23.8 Å². The van der Waals surface area contributed by atoms with Crippen LogP contribution < -0.4 is 5.73 Å². The van der Waals surface area contributed by atoms with Gasteiger partial charge in [-0.25, -0.2) is 0 Å². The summed E-state index contributed by atoms with van der Waals surface area (Å²) in [5, 5.41) is 0.818. The van der Waals surface area contributed by atoms with E-state index in [0.29, 0.717) is 4.99 Å². The quantitative estimate of drug-likeness (QED) is 0.847. The Morgan fingerprint density at radius 3 is 2.62 bits per heavy atom. The van der Waals surface area contributed by atoms with E-state index in [1.165, 1.54) is 11.1 Å². The average molecular weight is 319 g/mol. The van der Waals surface area contributed by atoms with Gasteiger partial charge in [-0.15, -0.1) is 0 Å². The third-order valence-electron chi connectivity index (χ3n) is 3.31. The Balaban J connectivity index is 2.06. The van der Waals surface area contributed by atoms with Crippen molar-refractivity contribution in [3.05, 3.63) is 69.7 Å². The van der Waals surface area contributed by atoms with Crippen LogP contribution in [0.25, 0.3) is 0 Å². The number of nitrogens with zero attached hydrogens (tertiary/aromatic N) is 1. The third-order valence-corrected chi connectivity index (χ3v) is 3.90. The molecule has 0 heterocycles. The Bertz CT molecular complexity index is 655. The van der Waals surface area contributed by atoms with Crippen LogP contribution in [0.5, 0.6) is 0 Å². The van der Waals surface area contributed by atoms with Crippen LogP contribution in [0.2, 0.25) is 5.02 Å². The van der Waals surface area contributed by atoms with Gasteiger partial charge in [-0.3, -0.25) is 4.90 Å². The first-order valence-corrected chi connectivity index (χ1v) is 7.56. The lowest BCUT2D eigenvalue weighted by Gasteiger charge is -2.18. The summed E-state index contributed by atoms with van der Waals surface area (Å²) in [6, 6.07) is 14.2. The van der Waals surface area contributed by atoms with Crippen molar-refractivity contribution in [1.82, 2.24) is 4.90 Å². The monoisotopic (exact) mass is 318 g/mol. The topological polar surface area (TPSA) is 29.3 Å². The second-order valence-electron chi connectivity index (χ2n) is 5.33. The number of aryl methyl sites for hydroxylation is 1. The summed E-state index contributed by atoms with van der Waals surface area (Å²) in [6.45, 7) is 3.66. The van der Waals surface area contributed by atoms with Crippen LogP contribution in [0.15, 0.2) is 42.5 Å². The molecule has 0 aliphatic rings. The molecule has 0 radical (unpaired) electrons. The van der Waals surface area contributed by atoms with Crippen LogP contribution in [0.3, 0.4) is 0 Å². The molecule has 21 heavy (non-hydrogen) atoms. The number of benzene rings is 2. The Labute approximate surface area is 136 Å². The van der Waals surface area contributed by atoms with Gasteiger partial charge < -0.3 is 5.73 Å². The molecule has 2 N–H and O–H groups in total. The van der Waals surface area contributed by atoms with Gasteiger partial charge in [0.15, 0.2) is 0 Å². The van der Waals surface area contributed by atoms with Crippen LogP contribution in [-0.4, -0.2) is 16.9 Å². The van der Waals surface area contributed by atoms with Crippen molar-refractivity contribution in [2.75, 3.05) is 7.05 Å². The van der Waals surface area contributed by atoms with E-state index >= 15 is 0 Å². The van der Waals surface area contributed by atoms with Crippen LogP contribution in [-0.2, 0) is 13.1 Å². The Kier molecular flexibility index (Phi) is 5.34. The van der Waals surface area contributed by atoms with Crippen molar-refractivity contribution in [3.63, 3.8) is 0 Å². The molecular weight excluding hydrogens is 300 g/mol. The molecule has 2 aromatic rings. The molecule has 0 saturated carbocycles. The minimum absolute atomic E-state index is 0.432. The molecule has 0 aromatic heterocycles. The predicted molar refractivity (Wildman–Crippen MR) is 93.7 cm³/mol. The minimum Gasteiger partial charge on any atom is -0.389 e. The maximum absolute atomic E-state index is 6.28. The Morgan fingerprint density at radius 1 is 1.19 bits per heavy atom. The Hall–Kier alpha value is -1.42. The van der Waals surface area contributed by atoms with E-state index in [1.807, 2.05) is 31.2 Å². The number of nitrogens with two attached hydrogens (primary N) is 1. The molecule has 0 fully saturated rings. The highest BCUT2D eigenvalue weighted by molar-refractivity contribution is 7.80. The van der Waals surface area contributed by atoms with Gasteiger partial charge >= 0.3 is 0 Å². The zero-order valence-corrected chi connectivity index (χ0v) is 13.8. The van der Waals surface area contributed by atoms with Gasteiger partial charge in [-0.2, -0.15) is 0 Å². The lowest BCUT2D eigenvalue weighted by Crippen LogP contribution is -2.18. The highest BCUT2D eigenvalue weighted by atomic mass is 35.5. The standard InChI is InChI=1S/C17H19ClN2S/c1-12-6-7-15(16(18)8-12)11-20(2)10-13-4-3-5-14(9-13)17(19)21/h3-9H,10-11H2,1-2H3,(H2,19,21). The fraction of sp³-hybridized carbons (Fsp3) is 0.235. The molecule has 0 aliphatic carbocycles. The first-order valence-electron chi connectivity index (χ1n) is 6.78. The summed E-state index contributed by atoms with van der Waals surface area (Å²) in [7, 11) is 2.07. The molecule has 0 amide bonds. The van der Waals surface area contributed by atoms with Gasteiger partial charge in [-0.1, -0.05) is 54.2 Å². The third kappa shape index (κ3) is 4.53. The molecular formula is C17H19ClN2S. The predicted octanol–water partition coefficient (Wildman–Crippen LogP) is 3.91. The van der Waals surface area contributed by atoms with E-state index in [2.05, 4.69) is 30.1 Å². The highest BCUT2D eigenvalue weighted by Crippen LogP contribution is 2.19. The molecule has 4 heteroatoms. The highest BCUT2D eigenvalue weighted by Gasteiger charge is 2.06. The second kappa shape index (κ2) is 7.03. The minimum atomic E-state index is 0.432. The summed E-state index contributed by atoms with van der Waals surface area (Å²) in [5.41, 5.74) is 10.1. The normalized spacial score (nSPS) is 10.9. The number of halogens is 1. The lowest BCUT2D eigenvalue weighted by atomic mass is 10.1. The lowest BCUT2D eigenvalue weighted by molar-refractivity contribution is 0.319. The zero-order valence-electron chi connectivity index (χ0n) is 12.3. The van der Waals surface area contributed by atoms with E-state index in [1.54, 1.807) is 0 Å². The van der Waals surface area contributed by atoms with E-state index in [9.17, 15) is 0 Å². The summed E-state index contributed by atoms with van der Waals surface area (Å²) >= 11 is 11.3. The number of rotatable bonds is 5. The molecule has 2 rings (SSSR count). The van der Waals surface area contributed by atoms with E-state index in [4.69, 9.17) is 29.6 Å². The van der Waals surface area contributed by atoms with Crippen molar-refractivity contribution in [3.8, 4) is 0 Å². The average Bonchev–Trinajstić information content (AvgIpc) is 2.42. The van der Waals surface area contributed by atoms with E-state index in [0.717, 1.165) is 29.2 Å². The van der Waals surface area contributed by atoms with Gasteiger partial charge in [0.2, 0.25) is 0 Å². The number of hydrogen-bond acceptors (Lipinski definition) is 2. The fourth-order valence-corrected chi connectivity index (χ4v) is 2.68. The number of thiocarbonyl (C=S) groups is 1. The molecule has 0 saturated heterocycles.